The highest BCUT2D eigenvalue weighted by Gasteiger charge is 2.42. The van der Waals surface area contributed by atoms with Gasteiger partial charge in [0, 0.05) is 10.6 Å². The Balaban J connectivity index is 1.79. The van der Waals surface area contributed by atoms with E-state index in [1.807, 2.05) is 43.3 Å². The second-order valence-electron chi connectivity index (χ2n) is 5.73. The van der Waals surface area contributed by atoms with Gasteiger partial charge in [-0.05, 0) is 44.0 Å². The van der Waals surface area contributed by atoms with Gasteiger partial charge in [-0.3, -0.25) is 4.79 Å². The van der Waals surface area contributed by atoms with Crippen molar-refractivity contribution in [1.82, 2.24) is 4.98 Å². The van der Waals surface area contributed by atoms with Crippen LogP contribution < -0.4 is 5.32 Å². The van der Waals surface area contributed by atoms with Gasteiger partial charge in [0.2, 0.25) is 5.91 Å². The Labute approximate surface area is 135 Å². The first kappa shape index (κ1) is 15.1. The van der Waals surface area contributed by atoms with Crippen LogP contribution in [0, 0.1) is 6.92 Å². The van der Waals surface area contributed by atoms with Gasteiger partial charge in [0.25, 0.3) is 0 Å². The molecule has 1 heterocycles. The van der Waals surface area contributed by atoms with Crippen molar-refractivity contribution >= 4 is 23.5 Å². The van der Waals surface area contributed by atoms with Crippen LogP contribution in [-0.2, 0) is 4.79 Å². The molecule has 114 valence electrons. The molecular weight excluding hydrogens is 292 g/mol. The van der Waals surface area contributed by atoms with E-state index >= 15 is 0 Å². The van der Waals surface area contributed by atoms with E-state index in [-0.39, 0.29) is 10.7 Å². The predicted octanol–water partition coefficient (Wildman–Crippen LogP) is 4.43. The van der Waals surface area contributed by atoms with Crippen LogP contribution in [0.2, 0.25) is 0 Å². The zero-order chi connectivity index (χ0) is 15.4. The summed E-state index contributed by atoms with van der Waals surface area (Å²) in [6.45, 7) is 1.93. The molecule has 4 heteroatoms. The number of thioether (sulfide) groups is 1. The van der Waals surface area contributed by atoms with Crippen LogP contribution in [0.5, 0.6) is 0 Å². The predicted molar refractivity (Wildman–Crippen MR) is 91.1 cm³/mol. The summed E-state index contributed by atoms with van der Waals surface area (Å²) in [4.78, 5) is 18.4. The molecule has 0 radical (unpaired) electrons. The normalized spacial score (nSPS) is 16.4. The molecule has 1 aliphatic rings. The van der Waals surface area contributed by atoms with Crippen molar-refractivity contribution in [3.63, 3.8) is 0 Å². The summed E-state index contributed by atoms with van der Waals surface area (Å²) in [6.07, 6.45) is 4.05. The topological polar surface area (TPSA) is 42.0 Å². The Morgan fingerprint density at radius 2 is 1.82 bits per heavy atom. The second kappa shape index (κ2) is 6.53. The number of carbonyl (C=O) groups excluding carboxylic acids is 1. The van der Waals surface area contributed by atoms with Gasteiger partial charge < -0.3 is 5.32 Å². The molecule has 0 atom stereocenters. The zero-order valence-electron chi connectivity index (χ0n) is 12.7. The van der Waals surface area contributed by atoms with Crippen LogP contribution >= 0.6 is 11.8 Å². The first-order valence-electron chi connectivity index (χ1n) is 7.67. The number of nitrogens with zero attached hydrogens (tertiary/aromatic N) is 1. The zero-order valence-corrected chi connectivity index (χ0v) is 13.5. The Kier molecular flexibility index (Phi) is 4.48. The number of rotatable bonds is 4. The summed E-state index contributed by atoms with van der Waals surface area (Å²) in [5.41, 5.74) is 0.911. The van der Waals surface area contributed by atoms with Crippen LogP contribution in [0.1, 0.15) is 31.4 Å². The number of aromatic nitrogens is 1. The number of pyridine rings is 1. The average molecular weight is 312 g/mol. The third-order valence-electron chi connectivity index (χ3n) is 4.01. The first-order chi connectivity index (χ1) is 10.7. The lowest BCUT2D eigenvalue weighted by molar-refractivity contribution is -0.118. The lowest BCUT2D eigenvalue weighted by Gasteiger charge is -2.27. The highest BCUT2D eigenvalue weighted by atomic mass is 32.2. The Morgan fingerprint density at radius 1 is 1.09 bits per heavy atom. The molecule has 1 aromatic heterocycles. The minimum atomic E-state index is -0.368. The van der Waals surface area contributed by atoms with Crippen LogP contribution in [0.25, 0.3) is 0 Å². The third kappa shape index (κ3) is 3.33. The molecule has 3 rings (SSSR count). The molecule has 0 aliphatic heterocycles. The molecule has 0 saturated heterocycles. The molecule has 1 saturated carbocycles. The van der Waals surface area contributed by atoms with Crippen molar-refractivity contribution in [3.05, 3.63) is 54.2 Å². The summed E-state index contributed by atoms with van der Waals surface area (Å²) in [6, 6.07) is 15.9. The van der Waals surface area contributed by atoms with E-state index in [9.17, 15) is 4.79 Å². The molecular formula is C18H20N2OS. The highest BCUT2D eigenvalue weighted by molar-refractivity contribution is 8.01. The van der Waals surface area contributed by atoms with Gasteiger partial charge >= 0.3 is 0 Å². The van der Waals surface area contributed by atoms with Gasteiger partial charge in [0.15, 0.2) is 0 Å². The molecule has 22 heavy (non-hydrogen) atoms. The number of aryl methyl sites for hydroxylation is 1. The molecule has 1 amide bonds. The summed E-state index contributed by atoms with van der Waals surface area (Å²) < 4.78 is -0.368. The maximum absolute atomic E-state index is 12.9. The van der Waals surface area contributed by atoms with Crippen molar-refractivity contribution in [2.75, 3.05) is 5.32 Å². The summed E-state index contributed by atoms with van der Waals surface area (Å²) >= 11 is 1.69. The number of hydrogen-bond donors (Lipinski definition) is 1. The molecule has 3 nitrogen and oxygen atoms in total. The van der Waals surface area contributed by atoms with Gasteiger partial charge in [-0.25, -0.2) is 4.98 Å². The van der Waals surface area contributed by atoms with Gasteiger partial charge in [-0.1, -0.05) is 37.1 Å². The lowest BCUT2D eigenvalue weighted by Crippen LogP contribution is -2.37. The minimum Gasteiger partial charge on any atom is -0.309 e. The van der Waals surface area contributed by atoms with Crippen LogP contribution in [0.15, 0.2) is 53.4 Å². The standard InChI is InChI=1S/C18H20N2OS/c1-14-8-7-11-16(19-14)20-17(21)18(12-5-6-13-18)22-15-9-3-2-4-10-15/h2-4,7-11H,5-6,12-13H2,1H3,(H,19,20,21). The van der Waals surface area contributed by atoms with Crippen LogP contribution in [-0.4, -0.2) is 15.6 Å². The van der Waals surface area contributed by atoms with Crippen molar-refractivity contribution in [2.45, 2.75) is 42.2 Å². The van der Waals surface area contributed by atoms with Crippen LogP contribution in [0.4, 0.5) is 5.82 Å². The average Bonchev–Trinajstić information content (AvgIpc) is 2.98. The van der Waals surface area contributed by atoms with Crippen molar-refractivity contribution in [3.8, 4) is 0 Å². The molecule has 1 aliphatic carbocycles. The fourth-order valence-electron chi connectivity index (χ4n) is 2.88. The highest BCUT2D eigenvalue weighted by Crippen LogP contribution is 2.45. The van der Waals surface area contributed by atoms with Crippen molar-refractivity contribution in [2.24, 2.45) is 0 Å². The van der Waals surface area contributed by atoms with E-state index in [0.29, 0.717) is 5.82 Å². The minimum absolute atomic E-state index is 0.0805. The second-order valence-corrected chi connectivity index (χ2v) is 7.19. The maximum Gasteiger partial charge on any atom is 0.242 e. The number of hydrogen-bond acceptors (Lipinski definition) is 3. The smallest absolute Gasteiger partial charge is 0.242 e. The van der Waals surface area contributed by atoms with Gasteiger partial charge in [-0.2, -0.15) is 0 Å². The van der Waals surface area contributed by atoms with Gasteiger partial charge in [0.1, 0.15) is 5.82 Å². The number of anilines is 1. The van der Waals surface area contributed by atoms with Crippen molar-refractivity contribution in [1.29, 1.82) is 0 Å². The molecule has 0 bridgehead atoms. The van der Waals surface area contributed by atoms with Gasteiger partial charge in [-0.15, -0.1) is 11.8 Å². The van der Waals surface area contributed by atoms with Crippen LogP contribution in [0.3, 0.4) is 0 Å². The molecule has 1 aromatic carbocycles. The molecule has 1 fully saturated rings. The fourth-order valence-corrected chi connectivity index (χ4v) is 4.26. The number of benzene rings is 1. The van der Waals surface area contributed by atoms with E-state index in [2.05, 4.69) is 22.4 Å². The van der Waals surface area contributed by atoms with Crippen molar-refractivity contribution < 1.29 is 4.79 Å². The molecule has 0 spiro atoms. The van der Waals surface area contributed by atoms with E-state index in [1.54, 1.807) is 11.8 Å². The van der Waals surface area contributed by atoms with E-state index in [1.165, 1.54) is 0 Å². The summed E-state index contributed by atoms with van der Waals surface area (Å²) in [5, 5.41) is 3.01. The Morgan fingerprint density at radius 3 is 2.50 bits per heavy atom. The maximum atomic E-state index is 12.9. The SMILES string of the molecule is Cc1cccc(NC(=O)C2(Sc3ccccc3)CCCC2)n1. The molecule has 0 unspecified atom stereocenters. The summed E-state index contributed by atoms with van der Waals surface area (Å²) in [7, 11) is 0. The third-order valence-corrected chi connectivity index (χ3v) is 5.50. The Hall–Kier alpha value is -1.81. The van der Waals surface area contributed by atoms with E-state index < -0.39 is 0 Å². The molecule has 2 aromatic rings. The lowest BCUT2D eigenvalue weighted by atomic mass is 10.1. The van der Waals surface area contributed by atoms with Gasteiger partial charge in [0.05, 0.1) is 4.75 Å². The quantitative estimate of drug-likeness (QED) is 0.908. The van der Waals surface area contributed by atoms with E-state index in [4.69, 9.17) is 0 Å². The fraction of sp³-hybridized carbons (Fsp3) is 0.333. The number of nitrogens with one attached hydrogen (secondary N) is 1. The first-order valence-corrected chi connectivity index (χ1v) is 8.49. The van der Waals surface area contributed by atoms with E-state index in [0.717, 1.165) is 36.3 Å². The Bertz CT molecular complexity index is 651. The molecule has 1 N–H and O–H groups in total. The number of carbonyl (C=O) groups is 1. The monoisotopic (exact) mass is 312 g/mol. The summed E-state index contributed by atoms with van der Waals surface area (Å²) in [5.74, 6) is 0.724. The largest absolute Gasteiger partial charge is 0.309 e. The number of amides is 1.